The highest BCUT2D eigenvalue weighted by Gasteiger charge is 2.42. The second kappa shape index (κ2) is 4.67. The highest BCUT2D eigenvalue weighted by Crippen LogP contribution is 2.34. The molecule has 1 aromatic rings. The van der Waals surface area contributed by atoms with E-state index >= 15 is 0 Å². The van der Waals surface area contributed by atoms with Crippen LogP contribution < -0.4 is 4.74 Å². The Morgan fingerprint density at radius 3 is 2.69 bits per heavy atom. The van der Waals surface area contributed by atoms with Crippen LogP contribution in [0.4, 0.5) is 8.78 Å². The van der Waals surface area contributed by atoms with Crippen LogP contribution in [-0.4, -0.2) is 24.1 Å². The van der Waals surface area contributed by atoms with Gasteiger partial charge in [0.2, 0.25) is 0 Å². The van der Waals surface area contributed by atoms with Gasteiger partial charge in [-0.25, -0.2) is 8.78 Å². The van der Waals surface area contributed by atoms with Crippen molar-refractivity contribution in [2.75, 3.05) is 7.11 Å². The summed E-state index contributed by atoms with van der Waals surface area (Å²) >= 11 is 3.41. The predicted molar refractivity (Wildman–Crippen MR) is 58.9 cm³/mol. The van der Waals surface area contributed by atoms with E-state index in [0.717, 1.165) is 12.5 Å². The third kappa shape index (κ3) is 2.20. The Bertz CT molecular complexity index is 386. The van der Waals surface area contributed by atoms with E-state index in [4.69, 9.17) is 9.47 Å². The molecule has 2 rings (SSSR count). The van der Waals surface area contributed by atoms with Gasteiger partial charge in [-0.2, -0.15) is 0 Å². The van der Waals surface area contributed by atoms with Crippen LogP contribution in [0, 0.1) is 11.6 Å². The number of halogens is 3. The quantitative estimate of drug-likeness (QED) is 0.798. The van der Waals surface area contributed by atoms with Crippen molar-refractivity contribution < 1.29 is 18.3 Å². The van der Waals surface area contributed by atoms with E-state index < -0.39 is 11.6 Å². The molecule has 0 aliphatic heterocycles. The van der Waals surface area contributed by atoms with Crippen molar-refractivity contribution in [3.8, 4) is 5.75 Å². The van der Waals surface area contributed by atoms with Crippen molar-refractivity contribution in [3.05, 3.63) is 29.8 Å². The minimum atomic E-state index is -0.687. The van der Waals surface area contributed by atoms with Gasteiger partial charge in [0.15, 0.2) is 11.6 Å². The standard InChI is InChI=1S/C11H11BrF2O2/c1-15-11-7(12)5-10(11)16-9-3-2-6(13)4-8(9)14/h2-4,7,10-11H,5H2,1H3. The number of methoxy groups -OCH3 is 1. The molecule has 5 heteroatoms. The maximum absolute atomic E-state index is 13.3. The van der Waals surface area contributed by atoms with E-state index in [9.17, 15) is 8.78 Å². The SMILES string of the molecule is COC1C(Br)CC1Oc1ccc(F)cc1F. The molecule has 0 bridgehead atoms. The number of alkyl halides is 1. The smallest absolute Gasteiger partial charge is 0.167 e. The molecule has 1 fully saturated rings. The van der Waals surface area contributed by atoms with Crippen molar-refractivity contribution in [1.82, 2.24) is 0 Å². The van der Waals surface area contributed by atoms with Crippen molar-refractivity contribution >= 4 is 15.9 Å². The van der Waals surface area contributed by atoms with Crippen molar-refractivity contribution in [2.45, 2.75) is 23.5 Å². The second-order valence-electron chi connectivity index (χ2n) is 3.68. The lowest BCUT2D eigenvalue weighted by atomic mass is 9.91. The zero-order valence-electron chi connectivity index (χ0n) is 8.62. The fraction of sp³-hybridized carbons (Fsp3) is 0.455. The summed E-state index contributed by atoms with van der Waals surface area (Å²) in [5.41, 5.74) is 0. The van der Waals surface area contributed by atoms with Gasteiger partial charge in [0.1, 0.15) is 18.0 Å². The molecular formula is C11H11BrF2O2. The molecule has 0 radical (unpaired) electrons. The molecule has 0 heterocycles. The van der Waals surface area contributed by atoms with Crippen molar-refractivity contribution in [2.24, 2.45) is 0 Å². The molecular weight excluding hydrogens is 282 g/mol. The highest BCUT2D eigenvalue weighted by atomic mass is 79.9. The van der Waals surface area contributed by atoms with E-state index in [1.165, 1.54) is 12.1 Å². The third-order valence-corrected chi connectivity index (χ3v) is 3.52. The fourth-order valence-corrected chi connectivity index (χ4v) is 2.60. The maximum Gasteiger partial charge on any atom is 0.167 e. The summed E-state index contributed by atoms with van der Waals surface area (Å²) in [6, 6.07) is 3.27. The molecule has 0 N–H and O–H groups in total. The Morgan fingerprint density at radius 2 is 2.12 bits per heavy atom. The van der Waals surface area contributed by atoms with Gasteiger partial charge in [-0.15, -0.1) is 0 Å². The van der Waals surface area contributed by atoms with Crippen molar-refractivity contribution in [3.63, 3.8) is 0 Å². The molecule has 1 aliphatic rings. The molecule has 0 spiro atoms. The topological polar surface area (TPSA) is 18.5 Å². The van der Waals surface area contributed by atoms with Gasteiger partial charge in [-0.1, -0.05) is 15.9 Å². The van der Waals surface area contributed by atoms with Gasteiger partial charge >= 0.3 is 0 Å². The Kier molecular flexibility index (Phi) is 3.44. The van der Waals surface area contributed by atoms with Crippen LogP contribution in [0.5, 0.6) is 5.75 Å². The largest absolute Gasteiger partial charge is 0.485 e. The van der Waals surface area contributed by atoms with E-state index in [1.54, 1.807) is 7.11 Å². The number of hydrogen-bond acceptors (Lipinski definition) is 2. The summed E-state index contributed by atoms with van der Waals surface area (Å²) in [5.74, 6) is -1.24. The Morgan fingerprint density at radius 1 is 1.38 bits per heavy atom. The van der Waals surface area contributed by atoms with Gasteiger partial charge in [0.25, 0.3) is 0 Å². The summed E-state index contributed by atoms with van der Waals surface area (Å²) in [7, 11) is 1.58. The molecule has 2 nitrogen and oxygen atoms in total. The van der Waals surface area contributed by atoms with Crippen LogP contribution in [0.15, 0.2) is 18.2 Å². The van der Waals surface area contributed by atoms with Crippen molar-refractivity contribution in [1.29, 1.82) is 0 Å². The van der Waals surface area contributed by atoms with E-state index in [0.29, 0.717) is 0 Å². The summed E-state index contributed by atoms with van der Waals surface area (Å²) in [6.45, 7) is 0. The van der Waals surface area contributed by atoms with Crippen LogP contribution in [-0.2, 0) is 4.74 Å². The lowest BCUT2D eigenvalue weighted by molar-refractivity contribution is -0.0558. The minimum absolute atomic E-state index is 0.0628. The van der Waals surface area contributed by atoms with E-state index in [-0.39, 0.29) is 22.8 Å². The summed E-state index contributed by atoms with van der Waals surface area (Å²) < 4.78 is 36.5. The zero-order valence-corrected chi connectivity index (χ0v) is 10.2. The lowest BCUT2D eigenvalue weighted by Crippen LogP contribution is -2.51. The van der Waals surface area contributed by atoms with Gasteiger partial charge in [0.05, 0.1) is 0 Å². The first-order valence-corrected chi connectivity index (χ1v) is 5.82. The number of benzene rings is 1. The van der Waals surface area contributed by atoms with Crippen LogP contribution in [0.25, 0.3) is 0 Å². The van der Waals surface area contributed by atoms with Gasteiger partial charge in [0, 0.05) is 24.4 Å². The first-order chi connectivity index (χ1) is 7.61. The number of ether oxygens (including phenoxy) is 2. The molecule has 16 heavy (non-hydrogen) atoms. The number of rotatable bonds is 3. The Balaban J connectivity index is 2.04. The van der Waals surface area contributed by atoms with E-state index in [1.807, 2.05) is 0 Å². The maximum atomic E-state index is 13.3. The summed E-state index contributed by atoms with van der Waals surface area (Å²) in [6.07, 6.45) is 0.466. The van der Waals surface area contributed by atoms with Gasteiger partial charge in [-0.05, 0) is 12.1 Å². The van der Waals surface area contributed by atoms with Gasteiger partial charge < -0.3 is 9.47 Å². The van der Waals surface area contributed by atoms with Crippen LogP contribution in [0.3, 0.4) is 0 Å². The third-order valence-electron chi connectivity index (χ3n) is 2.62. The first kappa shape index (κ1) is 11.8. The molecule has 0 amide bonds. The second-order valence-corrected chi connectivity index (χ2v) is 4.86. The van der Waals surface area contributed by atoms with Crippen LogP contribution >= 0.6 is 15.9 Å². The monoisotopic (exact) mass is 292 g/mol. The van der Waals surface area contributed by atoms with Crippen LogP contribution in [0.2, 0.25) is 0 Å². The fourth-order valence-electron chi connectivity index (χ4n) is 1.68. The molecule has 3 unspecified atom stereocenters. The normalized spacial score (nSPS) is 28.6. The van der Waals surface area contributed by atoms with E-state index in [2.05, 4.69) is 15.9 Å². The summed E-state index contributed by atoms with van der Waals surface area (Å²) in [5, 5.41) is 0. The molecule has 88 valence electrons. The first-order valence-electron chi connectivity index (χ1n) is 4.90. The number of hydrogen-bond donors (Lipinski definition) is 0. The Labute approximate surface area is 101 Å². The average molecular weight is 293 g/mol. The lowest BCUT2D eigenvalue weighted by Gasteiger charge is -2.40. The molecule has 1 aromatic carbocycles. The van der Waals surface area contributed by atoms with Crippen LogP contribution in [0.1, 0.15) is 6.42 Å². The average Bonchev–Trinajstić information content (AvgIpc) is 2.21. The zero-order chi connectivity index (χ0) is 11.7. The Hall–Kier alpha value is -0.680. The molecule has 0 saturated heterocycles. The minimum Gasteiger partial charge on any atom is -0.485 e. The van der Waals surface area contributed by atoms with Gasteiger partial charge in [-0.3, -0.25) is 0 Å². The molecule has 3 atom stereocenters. The predicted octanol–water partition coefficient (Wildman–Crippen LogP) is 2.89. The molecule has 0 aromatic heterocycles. The highest BCUT2D eigenvalue weighted by molar-refractivity contribution is 9.09. The molecule has 1 saturated carbocycles. The molecule has 1 aliphatic carbocycles. The summed E-state index contributed by atoms with van der Waals surface area (Å²) in [4.78, 5) is 0.228.